The maximum absolute atomic E-state index is 11.4. The van der Waals surface area contributed by atoms with Crippen LogP contribution in [0.2, 0.25) is 0 Å². The third-order valence-corrected chi connectivity index (χ3v) is 7.56. The summed E-state index contributed by atoms with van der Waals surface area (Å²) in [4.78, 5) is 16.0. The summed E-state index contributed by atoms with van der Waals surface area (Å²) in [6, 6.07) is 12.8. The lowest BCUT2D eigenvalue weighted by Crippen LogP contribution is -2.49. The zero-order valence-electron chi connectivity index (χ0n) is 17.9. The van der Waals surface area contributed by atoms with Crippen molar-refractivity contribution in [1.29, 1.82) is 0 Å². The van der Waals surface area contributed by atoms with E-state index in [0.717, 1.165) is 67.6 Å². The first kappa shape index (κ1) is 19.6. The Morgan fingerprint density at radius 2 is 1.81 bits per heavy atom. The number of benzene rings is 1. The lowest BCUT2D eigenvalue weighted by Gasteiger charge is -2.51. The average Bonchev–Trinajstić information content (AvgIpc) is 3.27. The number of rotatable bonds is 6. The summed E-state index contributed by atoms with van der Waals surface area (Å²) >= 11 is 0. The number of aromatic nitrogens is 3. The van der Waals surface area contributed by atoms with Gasteiger partial charge in [0.15, 0.2) is 0 Å². The van der Waals surface area contributed by atoms with E-state index in [9.17, 15) is 4.79 Å². The van der Waals surface area contributed by atoms with Gasteiger partial charge >= 0.3 is 6.01 Å². The molecule has 7 nitrogen and oxygen atoms in total. The van der Waals surface area contributed by atoms with Crippen molar-refractivity contribution in [1.82, 2.24) is 15.2 Å². The standard InChI is InChI=1S/C25H26N4O3/c30-15-24-10-12-25(13-11-24,31-16-24)19-6-4-17(5-7-19)21-9-8-20(14-26-21)27-23-29-28-22(32-23)18-2-1-3-18/h4-9,14-15,18H,1-3,10-13,16H2,(H,27,29). The summed E-state index contributed by atoms with van der Waals surface area (Å²) in [5.74, 6) is 1.14. The first-order chi connectivity index (χ1) is 15.7. The summed E-state index contributed by atoms with van der Waals surface area (Å²) in [5.41, 5.74) is 3.46. The van der Waals surface area contributed by atoms with Crippen LogP contribution in [0.5, 0.6) is 0 Å². The Balaban J connectivity index is 1.14. The summed E-state index contributed by atoms with van der Waals surface area (Å²) in [6.07, 6.45) is 10.0. The summed E-state index contributed by atoms with van der Waals surface area (Å²) in [6.45, 7) is 0.538. The van der Waals surface area contributed by atoms with Crippen LogP contribution in [0.15, 0.2) is 47.0 Å². The molecule has 7 rings (SSSR count). The average molecular weight is 431 g/mol. The zero-order valence-corrected chi connectivity index (χ0v) is 17.9. The van der Waals surface area contributed by atoms with Crippen molar-refractivity contribution in [2.75, 3.05) is 11.9 Å². The molecule has 0 amide bonds. The molecule has 7 heteroatoms. The van der Waals surface area contributed by atoms with E-state index in [0.29, 0.717) is 18.5 Å². The number of nitrogens with one attached hydrogen (secondary N) is 1. The molecule has 2 aliphatic heterocycles. The minimum absolute atomic E-state index is 0.243. The van der Waals surface area contributed by atoms with Crippen molar-refractivity contribution in [2.24, 2.45) is 5.41 Å². The topological polar surface area (TPSA) is 90.1 Å². The quantitative estimate of drug-likeness (QED) is 0.542. The molecule has 4 heterocycles. The van der Waals surface area contributed by atoms with Crippen molar-refractivity contribution >= 4 is 18.0 Å². The molecule has 0 radical (unpaired) electrons. The van der Waals surface area contributed by atoms with E-state index in [-0.39, 0.29) is 11.0 Å². The van der Waals surface area contributed by atoms with E-state index in [2.05, 4.69) is 44.8 Å². The molecular weight excluding hydrogens is 404 g/mol. The third-order valence-electron chi connectivity index (χ3n) is 7.56. The second kappa shape index (κ2) is 7.52. The van der Waals surface area contributed by atoms with Gasteiger partial charge in [-0.25, -0.2) is 0 Å². The molecule has 0 atom stereocenters. The number of ether oxygens (including phenoxy) is 1. The number of pyridine rings is 1. The Labute approximate surface area is 186 Å². The highest BCUT2D eigenvalue weighted by Crippen LogP contribution is 2.52. The number of hydrogen-bond donors (Lipinski definition) is 1. The second-order valence-corrected chi connectivity index (χ2v) is 9.47. The number of anilines is 2. The number of carbonyl (C=O) groups excluding carboxylic acids is 1. The SMILES string of the molecule is O=CC12CCC(c3ccc(-c4ccc(Nc5nnc(C6CCC6)o5)cn4)cc3)(CC1)OC2. The molecule has 2 saturated carbocycles. The van der Waals surface area contributed by atoms with Gasteiger partial charge in [0.2, 0.25) is 5.89 Å². The van der Waals surface area contributed by atoms with Crippen LogP contribution in [0.25, 0.3) is 11.3 Å². The molecule has 4 fully saturated rings. The number of aldehydes is 1. The monoisotopic (exact) mass is 430 g/mol. The van der Waals surface area contributed by atoms with E-state index >= 15 is 0 Å². The van der Waals surface area contributed by atoms with Gasteiger partial charge in [0.25, 0.3) is 0 Å². The number of nitrogens with zero attached hydrogens (tertiary/aromatic N) is 3. The smallest absolute Gasteiger partial charge is 0.320 e. The van der Waals surface area contributed by atoms with Crippen LogP contribution in [0.1, 0.15) is 62.3 Å². The van der Waals surface area contributed by atoms with Gasteiger partial charge in [-0.3, -0.25) is 4.98 Å². The van der Waals surface area contributed by atoms with Crippen LogP contribution in [-0.4, -0.2) is 28.1 Å². The van der Waals surface area contributed by atoms with Crippen molar-refractivity contribution in [3.05, 3.63) is 54.0 Å². The van der Waals surface area contributed by atoms with E-state index in [4.69, 9.17) is 9.15 Å². The van der Waals surface area contributed by atoms with Gasteiger partial charge in [-0.2, -0.15) is 0 Å². The predicted octanol–water partition coefficient (Wildman–Crippen LogP) is 5.13. The molecule has 2 bridgehead atoms. The Hall–Kier alpha value is -3.06. The van der Waals surface area contributed by atoms with Crippen molar-refractivity contribution < 1.29 is 13.9 Å². The number of carbonyl (C=O) groups is 1. The normalized spacial score (nSPS) is 27.1. The molecule has 3 aromatic rings. The molecule has 164 valence electrons. The van der Waals surface area contributed by atoms with Gasteiger partial charge in [0.05, 0.1) is 29.8 Å². The maximum Gasteiger partial charge on any atom is 0.320 e. The fraction of sp³-hybridized carbons (Fsp3) is 0.440. The van der Waals surface area contributed by atoms with Crippen LogP contribution in [0.3, 0.4) is 0 Å². The molecule has 0 unspecified atom stereocenters. The Bertz CT molecular complexity index is 1090. The number of fused-ring (bicyclic) bond motifs is 3. The fourth-order valence-corrected chi connectivity index (χ4v) is 5.06. The highest BCUT2D eigenvalue weighted by Gasteiger charge is 2.50. The first-order valence-electron chi connectivity index (χ1n) is 11.4. The third kappa shape index (κ3) is 3.32. The molecule has 2 aromatic heterocycles. The van der Waals surface area contributed by atoms with Crippen molar-refractivity contribution in [3.8, 4) is 11.3 Å². The highest BCUT2D eigenvalue weighted by molar-refractivity contribution is 5.63. The second-order valence-electron chi connectivity index (χ2n) is 9.47. The molecule has 2 saturated heterocycles. The van der Waals surface area contributed by atoms with E-state index in [1.54, 1.807) is 6.20 Å². The lowest BCUT2D eigenvalue weighted by molar-refractivity contribution is -0.186. The van der Waals surface area contributed by atoms with Crippen LogP contribution >= 0.6 is 0 Å². The van der Waals surface area contributed by atoms with Gasteiger partial charge in [-0.15, -0.1) is 5.10 Å². The molecular formula is C25H26N4O3. The van der Waals surface area contributed by atoms with Gasteiger partial charge in [-0.1, -0.05) is 35.8 Å². The van der Waals surface area contributed by atoms with Gasteiger partial charge < -0.3 is 19.3 Å². The summed E-state index contributed by atoms with van der Waals surface area (Å²) in [5, 5.41) is 11.4. The lowest BCUT2D eigenvalue weighted by atomic mass is 9.65. The molecule has 4 aliphatic rings. The van der Waals surface area contributed by atoms with Crippen LogP contribution in [0, 0.1) is 5.41 Å². The van der Waals surface area contributed by atoms with Crippen molar-refractivity contribution in [3.63, 3.8) is 0 Å². The molecule has 2 aliphatic carbocycles. The summed E-state index contributed by atoms with van der Waals surface area (Å²) < 4.78 is 11.9. The predicted molar refractivity (Wildman–Crippen MR) is 118 cm³/mol. The molecule has 32 heavy (non-hydrogen) atoms. The molecule has 1 aromatic carbocycles. The minimum Gasteiger partial charge on any atom is -0.408 e. The zero-order chi connectivity index (χ0) is 21.6. The minimum atomic E-state index is -0.249. The molecule has 0 spiro atoms. The first-order valence-corrected chi connectivity index (χ1v) is 11.4. The van der Waals surface area contributed by atoms with Gasteiger partial charge in [-0.05, 0) is 56.2 Å². The fourth-order valence-electron chi connectivity index (χ4n) is 5.06. The van der Waals surface area contributed by atoms with Crippen molar-refractivity contribution in [2.45, 2.75) is 56.5 Å². The Morgan fingerprint density at radius 3 is 2.41 bits per heavy atom. The van der Waals surface area contributed by atoms with Crippen LogP contribution in [0.4, 0.5) is 11.7 Å². The van der Waals surface area contributed by atoms with Crippen LogP contribution in [-0.2, 0) is 15.1 Å². The van der Waals surface area contributed by atoms with E-state index < -0.39 is 0 Å². The highest BCUT2D eigenvalue weighted by atomic mass is 16.5. The van der Waals surface area contributed by atoms with E-state index in [1.165, 1.54) is 12.0 Å². The van der Waals surface area contributed by atoms with Gasteiger partial charge in [0, 0.05) is 16.9 Å². The molecule has 1 N–H and O–H groups in total. The van der Waals surface area contributed by atoms with Gasteiger partial charge in [0.1, 0.15) is 6.29 Å². The van der Waals surface area contributed by atoms with Crippen LogP contribution < -0.4 is 5.32 Å². The summed E-state index contributed by atoms with van der Waals surface area (Å²) in [7, 11) is 0. The Morgan fingerprint density at radius 1 is 1.00 bits per heavy atom. The Kier molecular flexibility index (Phi) is 4.61. The van der Waals surface area contributed by atoms with E-state index in [1.807, 2.05) is 12.1 Å². The number of hydrogen-bond acceptors (Lipinski definition) is 7. The largest absolute Gasteiger partial charge is 0.408 e. The maximum atomic E-state index is 11.4.